The first-order valence-corrected chi connectivity index (χ1v) is 7.83. The Kier molecular flexibility index (Phi) is 3.74. The predicted octanol–water partition coefficient (Wildman–Crippen LogP) is 3.78. The average molecular weight is 321 g/mol. The molecular formula is C16H13ClO3S. The van der Waals surface area contributed by atoms with Gasteiger partial charge in [-0.25, -0.2) is 4.21 Å². The highest BCUT2D eigenvalue weighted by molar-refractivity contribution is 7.91. The zero-order valence-corrected chi connectivity index (χ0v) is 13.1. The van der Waals surface area contributed by atoms with E-state index in [9.17, 15) is 4.21 Å². The molecule has 5 heteroatoms. The maximum absolute atomic E-state index is 12.4. The van der Waals surface area contributed by atoms with Gasteiger partial charge in [0.1, 0.15) is 15.9 Å². The van der Waals surface area contributed by atoms with Gasteiger partial charge in [0.25, 0.3) is 0 Å². The van der Waals surface area contributed by atoms with Gasteiger partial charge in [-0.3, -0.25) is 0 Å². The Bertz CT molecular complexity index is 768. The Hall–Kier alpha value is -1.78. The summed E-state index contributed by atoms with van der Waals surface area (Å²) < 4.78 is 23.2. The van der Waals surface area contributed by atoms with Gasteiger partial charge in [-0.1, -0.05) is 23.7 Å². The van der Waals surface area contributed by atoms with Gasteiger partial charge in [0.15, 0.2) is 0 Å². The zero-order chi connectivity index (χ0) is 15.0. The fraction of sp³-hybridized carbons (Fsp3) is 0.125. The minimum atomic E-state index is -1.34. The second kappa shape index (κ2) is 5.54. The molecule has 1 atom stereocenters. The molecule has 0 aliphatic carbocycles. The highest BCUT2D eigenvalue weighted by Crippen LogP contribution is 2.43. The summed E-state index contributed by atoms with van der Waals surface area (Å²) in [4.78, 5) is 0.707. The Morgan fingerprint density at radius 1 is 1.00 bits per heavy atom. The van der Waals surface area contributed by atoms with Crippen LogP contribution in [0.5, 0.6) is 11.5 Å². The minimum absolute atomic E-state index is 0.339. The lowest BCUT2D eigenvalue weighted by Crippen LogP contribution is -1.91. The number of fused-ring (bicyclic) bond motifs is 1. The summed E-state index contributed by atoms with van der Waals surface area (Å²) in [6.07, 6.45) is 0. The van der Waals surface area contributed by atoms with Crippen molar-refractivity contribution in [2.75, 3.05) is 14.2 Å². The van der Waals surface area contributed by atoms with E-state index in [1.807, 2.05) is 30.3 Å². The van der Waals surface area contributed by atoms with Crippen molar-refractivity contribution >= 4 is 28.0 Å². The highest BCUT2D eigenvalue weighted by Gasteiger charge is 2.29. The topological polar surface area (TPSA) is 35.5 Å². The summed E-state index contributed by atoms with van der Waals surface area (Å²) in [5.74, 6) is 1.43. The Balaban J connectivity index is 2.21. The van der Waals surface area contributed by atoms with Gasteiger partial charge < -0.3 is 9.47 Å². The molecule has 0 bridgehead atoms. The first-order chi connectivity index (χ1) is 10.2. The van der Waals surface area contributed by atoms with E-state index in [0.717, 1.165) is 22.4 Å². The summed E-state index contributed by atoms with van der Waals surface area (Å²) in [7, 11) is 1.87. The van der Waals surface area contributed by atoms with E-state index in [1.54, 1.807) is 26.4 Å². The van der Waals surface area contributed by atoms with Crippen LogP contribution in [0, 0.1) is 0 Å². The van der Waals surface area contributed by atoms with Gasteiger partial charge in [0, 0.05) is 11.1 Å². The number of halogens is 1. The molecule has 0 N–H and O–H groups in total. The summed E-state index contributed by atoms with van der Waals surface area (Å²) in [5, 5.41) is 0. The molecule has 0 radical (unpaired) electrons. The van der Waals surface area contributed by atoms with Crippen LogP contribution in [-0.2, 0) is 10.8 Å². The summed E-state index contributed by atoms with van der Waals surface area (Å²) in [6.45, 7) is 0. The molecule has 3 nitrogen and oxygen atoms in total. The second-order valence-corrected chi connectivity index (χ2v) is 6.50. The molecule has 2 aromatic carbocycles. The highest BCUT2D eigenvalue weighted by atomic mass is 35.5. The molecule has 1 heterocycles. The van der Waals surface area contributed by atoms with Crippen molar-refractivity contribution in [1.29, 1.82) is 0 Å². The lowest BCUT2D eigenvalue weighted by Gasteiger charge is -2.08. The molecule has 2 aromatic rings. The largest absolute Gasteiger partial charge is 0.497 e. The van der Waals surface area contributed by atoms with Gasteiger partial charge >= 0.3 is 0 Å². The van der Waals surface area contributed by atoms with Gasteiger partial charge in [-0.05, 0) is 35.9 Å². The summed E-state index contributed by atoms with van der Waals surface area (Å²) >= 11 is 6.32. The van der Waals surface area contributed by atoms with E-state index in [2.05, 4.69) is 0 Å². The quantitative estimate of drug-likeness (QED) is 0.863. The minimum Gasteiger partial charge on any atom is -0.497 e. The fourth-order valence-electron chi connectivity index (χ4n) is 2.34. The van der Waals surface area contributed by atoms with Crippen molar-refractivity contribution in [2.45, 2.75) is 4.90 Å². The predicted molar refractivity (Wildman–Crippen MR) is 84.3 cm³/mol. The van der Waals surface area contributed by atoms with E-state index in [-0.39, 0.29) is 0 Å². The standard InChI is InChI=1S/C16H13ClO3S/c1-19-11-5-3-4-10(8-11)15-13-9-12(20-2)6-7-14(13)21(18)16(15)17/h3-9H,1-2H3. The van der Waals surface area contributed by atoms with Crippen LogP contribution < -0.4 is 9.47 Å². The molecule has 0 saturated heterocycles. The first kappa shape index (κ1) is 14.2. The molecule has 1 aliphatic heterocycles. The normalized spacial score (nSPS) is 16.8. The molecule has 0 aromatic heterocycles. The number of hydrogen-bond acceptors (Lipinski definition) is 3. The van der Waals surface area contributed by atoms with Crippen molar-refractivity contribution in [3.63, 3.8) is 0 Å². The molecule has 1 unspecified atom stereocenters. The SMILES string of the molecule is COc1cccc(C2=C(Cl)S(=O)c3ccc(OC)cc32)c1. The van der Waals surface area contributed by atoms with Gasteiger partial charge in [-0.15, -0.1) is 0 Å². The maximum atomic E-state index is 12.4. The number of benzene rings is 2. The third-order valence-electron chi connectivity index (χ3n) is 3.37. The maximum Gasteiger partial charge on any atom is 0.119 e. The molecule has 3 rings (SSSR count). The Morgan fingerprint density at radius 3 is 2.43 bits per heavy atom. The number of methoxy groups -OCH3 is 2. The first-order valence-electron chi connectivity index (χ1n) is 6.30. The van der Waals surface area contributed by atoms with Crippen LogP contribution in [0.3, 0.4) is 0 Å². The zero-order valence-electron chi connectivity index (χ0n) is 11.6. The molecule has 1 aliphatic rings. The van der Waals surface area contributed by atoms with Crippen LogP contribution in [0.15, 0.2) is 51.7 Å². The van der Waals surface area contributed by atoms with Crippen LogP contribution in [0.4, 0.5) is 0 Å². The second-order valence-electron chi connectivity index (χ2n) is 4.51. The van der Waals surface area contributed by atoms with E-state index >= 15 is 0 Å². The molecule has 21 heavy (non-hydrogen) atoms. The monoisotopic (exact) mass is 320 g/mol. The van der Waals surface area contributed by atoms with E-state index in [4.69, 9.17) is 21.1 Å². The Morgan fingerprint density at radius 2 is 1.71 bits per heavy atom. The van der Waals surface area contributed by atoms with Crippen LogP contribution in [-0.4, -0.2) is 18.4 Å². The molecule has 0 fully saturated rings. The average Bonchev–Trinajstić information content (AvgIpc) is 2.78. The van der Waals surface area contributed by atoms with Crippen molar-refractivity contribution in [2.24, 2.45) is 0 Å². The lowest BCUT2D eigenvalue weighted by atomic mass is 9.99. The van der Waals surface area contributed by atoms with E-state index in [1.165, 1.54) is 0 Å². The van der Waals surface area contributed by atoms with Crippen molar-refractivity contribution in [3.8, 4) is 11.5 Å². The van der Waals surface area contributed by atoms with Gasteiger partial charge in [0.05, 0.1) is 29.9 Å². The van der Waals surface area contributed by atoms with Gasteiger partial charge in [0.2, 0.25) is 0 Å². The summed E-state index contributed by atoms with van der Waals surface area (Å²) in [5.41, 5.74) is 2.48. The smallest absolute Gasteiger partial charge is 0.119 e. The molecule has 0 saturated carbocycles. The third-order valence-corrected chi connectivity index (χ3v) is 5.27. The number of rotatable bonds is 3. The molecular weight excluding hydrogens is 308 g/mol. The summed E-state index contributed by atoms with van der Waals surface area (Å²) in [6, 6.07) is 13.0. The number of hydrogen-bond donors (Lipinski definition) is 0. The van der Waals surface area contributed by atoms with Crippen molar-refractivity contribution < 1.29 is 13.7 Å². The van der Waals surface area contributed by atoms with Crippen molar-refractivity contribution in [1.82, 2.24) is 0 Å². The number of ether oxygens (including phenoxy) is 2. The van der Waals surface area contributed by atoms with Crippen LogP contribution in [0.1, 0.15) is 11.1 Å². The fourth-order valence-corrected chi connectivity index (χ4v) is 3.95. The Labute approximate surface area is 130 Å². The third kappa shape index (κ3) is 2.34. The van der Waals surface area contributed by atoms with E-state index < -0.39 is 10.8 Å². The lowest BCUT2D eigenvalue weighted by molar-refractivity contribution is 0.414. The van der Waals surface area contributed by atoms with E-state index in [0.29, 0.717) is 15.0 Å². The van der Waals surface area contributed by atoms with Crippen LogP contribution in [0.25, 0.3) is 5.57 Å². The van der Waals surface area contributed by atoms with Gasteiger partial charge in [-0.2, -0.15) is 0 Å². The molecule has 108 valence electrons. The van der Waals surface area contributed by atoms with Crippen LogP contribution in [0.2, 0.25) is 0 Å². The molecule has 0 spiro atoms. The van der Waals surface area contributed by atoms with Crippen molar-refractivity contribution in [3.05, 3.63) is 58.0 Å². The van der Waals surface area contributed by atoms with Crippen LogP contribution >= 0.6 is 11.6 Å². The molecule has 0 amide bonds.